The molecule has 2 rings (SSSR count). The molecule has 1 saturated carbocycles. The average Bonchev–Trinajstić information content (AvgIpc) is 2.49. The van der Waals surface area contributed by atoms with Crippen molar-refractivity contribution >= 4 is 5.69 Å². The van der Waals surface area contributed by atoms with Crippen LogP contribution < -0.4 is 15.0 Å². The van der Waals surface area contributed by atoms with Crippen molar-refractivity contribution in [1.29, 1.82) is 0 Å². The van der Waals surface area contributed by atoms with E-state index < -0.39 is 0 Å². The lowest BCUT2D eigenvalue weighted by Gasteiger charge is -2.30. The van der Waals surface area contributed by atoms with Crippen LogP contribution in [0.5, 0.6) is 5.75 Å². The molecule has 1 aliphatic carbocycles. The van der Waals surface area contributed by atoms with Crippen molar-refractivity contribution in [3.05, 3.63) is 24.3 Å². The first-order valence-electron chi connectivity index (χ1n) is 7.80. The molecule has 3 nitrogen and oxygen atoms in total. The Morgan fingerprint density at radius 3 is 2.75 bits per heavy atom. The van der Waals surface area contributed by atoms with E-state index in [2.05, 4.69) is 36.3 Å². The summed E-state index contributed by atoms with van der Waals surface area (Å²) in [5.41, 5.74) is 1.16. The molecule has 2 unspecified atom stereocenters. The summed E-state index contributed by atoms with van der Waals surface area (Å²) in [5.74, 6) is 1.77. The molecule has 0 aromatic heterocycles. The highest BCUT2D eigenvalue weighted by molar-refractivity contribution is 5.57. The molecular weight excluding hydrogens is 248 g/mol. The molecule has 1 aliphatic rings. The van der Waals surface area contributed by atoms with Crippen molar-refractivity contribution in [3.63, 3.8) is 0 Å². The third-order valence-electron chi connectivity index (χ3n) is 4.46. The Balaban J connectivity index is 1.81. The number of anilines is 1. The van der Waals surface area contributed by atoms with Gasteiger partial charge in [0.1, 0.15) is 5.75 Å². The second-order valence-electron chi connectivity index (χ2n) is 5.92. The van der Waals surface area contributed by atoms with Gasteiger partial charge in [0.2, 0.25) is 0 Å². The van der Waals surface area contributed by atoms with Crippen LogP contribution in [0.1, 0.15) is 32.6 Å². The Hall–Kier alpha value is -1.22. The predicted molar refractivity (Wildman–Crippen MR) is 85.7 cm³/mol. The lowest BCUT2D eigenvalue weighted by atomic mass is 9.86. The zero-order valence-electron chi connectivity index (χ0n) is 13.1. The molecule has 0 saturated heterocycles. The summed E-state index contributed by atoms with van der Waals surface area (Å²) in [6.45, 7) is 4.41. The van der Waals surface area contributed by atoms with Crippen LogP contribution in [0.4, 0.5) is 5.69 Å². The zero-order chi connectivity index (χ0) is 14.4. The summed E-state index contributed by atoms with van der Waals surface area (Å²) in [6.07, 6.45) is 5.49. The van der Waals surface area contributed by atoms with Crippen LogP contribution in [0.25, 0.3) is 0 Å². The minimum absolute atomic E-state index is 0.704. The highest BCUT2D eigenvalue weighted by atomic mass is 16.5. The Kier molecular flexibility index (Phi) is 5.72. The van der Waals surface area contributed by atoms with E-state index in [1.165, 1.54) is 25.7 Å². The first kappa shape index (κ1) is 15.2. The van der Waals surface area contributed by atoms with E-state index >= 15 is 0 Å². The molecule has 1 fully saturated rings. The normalized spacial score (nSPS) is 22.6. The van der Waals surface area contributed by atoms with Gasteiger partial charge in [-0.15, -0.1) is 0 Å². The van der Waals surface area contributed by atoms with Gasteiger partial charge < -0.3 is 15.0 Å². The zero-order valence-corrected chi connectivity index (χ0v) is 13.1. The number of nitrogens with one attached hydrogen (secondary N) is 1. The van der Waals surface area contributed by atoms with Gasteiger partial charge in [-0.05, 0) is 30.9 Å². The second kappa shape index (κ2) is 7.53. The van der Waals surface area contributed by atoms with Crippen molar-refractivity contribution in [1.82, 2.24) is 5.32 Å². The van der Waals surface area contributed by atoms with E-state index in [9.17, 15) is 0 Å². The maximum absolute atomic E-state index is 5.42. The topological polar surface area (TPSA) is 24.5 Å². The van der Waals surface area contributed by atoms with E-state index in [4.69, 9.17) is 4.74 Å². The smallest absolute Gasteiger partial charge is 0.142 e. The van der Waals surface area contributed by atoms with Crippen LogP contribution in [0.3, 0.4) is 0 Å². The second-order valence-corrected chi connectivity index (χ2v) is 5.92. The van der Waals surface area contributed by atoms with Crippen LogP contribution in [0, 0.1) is 5.92 Å². The molecule has 3 heteroatoms. The lowest BCUT2D eigenvalue weighted by molar-refractivity contribution is 0.283. The van der Waals surface area contributed by atoms with E-state index in [1.54, 1.807) is 7.11 Å². The molecule has 0 spiro atoms. The molecule has 1 aromatic rings. The Morgan fingerprint density at radius 1 is 1.25 bits per heavy atom. The summed E-state index contributed by atoms with van der Waals surface area (Å²) in [4.78, 5) is 2.26. The van der Waals surface area contributed by atoms with Crippen LogP contribution in [-0.2, 0) is 0 Å². The van der Waals surface area contributed by atoms with E-state index in [0.29, 0.717) is 6.04 Å². The molecule has 0 aliphatic heterocycles. The van der Waals surface area contributed by atoms with Crippen molar-refractivity contribution < 1.29 is 4.74 Å². The fourth-order valence-corrected chi connectivity index (χ4v) is 3.10. The molecule has 20 heavy (non-hydrogen) atoms. The molecule has 0 amide bonds. The van der Waals surface area contributed by atoms with Gasteiger partial charge in [-0.1, -0.05) is 31.9 Å². The number of para-hydroxylation sites is 2. The first-order valence-corrected chi connectivity index (χ1v) is 7.80. The molecule has 1 aromatic carbocycles. The molecular formula is C17H28N2O. The van der Waals surface area contributed by atoms with Gasteiger partial charge in [0.15, 0.2) is 0 Å². The maximum Gasteiger partial charge on any atom is 0.142 e. The number of methoxy groups -OCH3 is 1. The summed E-state index contributed by atoms with van der Waals surface area (Å²) in [5, 5.41) is 3.73. The maximum atomic E-state index is 5.42. The molecule has 112 valence electrons. The third-order valence-corrected chi connectivity index (χ3v) is 4.46. The third kappa shape index (κ3) is 3.89. The summed E-state index contributed by atoms with van der Waals surface area (Å²) >= 11 is 0. The summed E-state index contributed by atoms with van der Waals surface area (Å²) < 4.78 is 5.42. The molecule has 1 N–H and O–H groups in total. The van der Waals surface area contributed by atoms with Crippen molar-refractivity contribution in [2.75, 3.05) is 32.1 Å². The molecule has 0 radical (unpaired) electrons. The molecule has 0 heterocycles. The standard InChI is InChI=1S/C17H28N2O/c1-14-8-4-5-9-15(14)18-12-13-19(2)16-10-6-7-11-17(16)20-3/h6-7,10-11,14-15,18H,4-5,8-9,12-13H2,1-3H3. The van der Waals surface area contributed by atoms with Gasteiger partial charge in [-0.25, -0.2) is 0 Å². The van der Waals surface area contributed by atoms with Gasteiger partial charge in [-0.3, -0.25) is 0 Å². The van der Waals surface area contributed by atoms with Gasteiger partial charge in [0, 0.05) is 26.2 Å². The van der Waals surface area contributed by atoms with Crippen LogP contribution in [-0.4, -0.2) is 33.3 Å². The first-order chi connectivity index (χ1) is 9.72. The van der Waals surface area contributed by atoms with Crippen molar-refractivity contribution in [2.45, 2.75) is 38.6 Å². The predicted octanol–water partition coefficient (Wildman–Crippen LogP) is 3.30. The summed E-state index contributed by atoms with van der Waals surface area (Å²) in [6, 6.07) is 8.91. The fraction of sp³-hybridized carbons (Fsp3) is 0.647. The van der Waals surface area contributed by atoms with Crippen molar-refractivity contribution in [2.24, 2.45) is 5.92 Å². The van der Waals surface area contributed by atoms with Gasteiger partial charge in [-0.2, -0.15) is 0 Å². The average molecular weight is 276 g/mol. The lowest BCUT2D eigenvalue weighted by Crippen LogP contribution is -2.41. The Labute approximate surface area is 123 Å². The van der Waals surface area contributed by atoms with Gasteiger partial charge in [0.05, 0.1) is 12.8 Å². The largest absolute Gasteiger partial charge is 0.495 e. The summed E-state index contributed by atoms with van der Waals surface area (Å²) in [7, 11) is 3.86. The number of nitrogens with zero attached hydrogens (tertiary/aromatic N) is 1. The van der Waals surface area contributed by atoms with Crippen LogP contribution in [0.15, 0.2) is 24.3 Å². The minimum atomic E-state index is 0.704. The number of hydrogen-bond donors (Lipinski definition) is 1. The van der Waals surface area contributed by atoms with Crippen LogP contribution in [0.2, 0.25) is 0 Å². The highest BCUT2D eigenvalue weighted by Gasteiger charge is 2.20. The van der Waals surface area contributed by atoms with Gasteiger partial charge >= 0.3 is 0 Å². The van der Waals surface area contributed by atoms with Gasteiger partial charge in [0.25, 0.3) is 0 Å². The number of likely N-dealkylation sites (N-methyl/N-ethyl adjacent to an activating group) is 1. The monoisotopic (exact) mass is 276 g/mol. The minimum Gasteiger partial charge on any atom is -0.495 e. The Morgan fingerprint density at radius 2 is 2.00 bits per heavy atom. The number of hydrogen-bond acceptors (Lipinski definition) is 3. The SMILES string of the molecule is COc1ccccc1N(C)CCNC1CCCCC1C. The Bertz CT molecular complexity index is 408. The molecule has 2 atom stereocenters. The number of rotatable bonds is 6. The number of benzene rings is 1. The number of ether oxygens (including phenoxy) is 1. The van der Waals surface area contributed by atoms with Crippen molar-refractivity contribution in [3.8, 4) is 5.75 Å². The van der Waals surface area contributed by atoms with E-state index in [1.807, 2.05) is 12.1 Å². The van der Waals surface area contributed by atoms with E-state index in [-0.39, 0.29) is 0 Å². The van der Waals surface area contributed by atoms with E-state index in [0.717, 1.165) is 30.4 Å². The highest BCUT2D eigenvalue weighted by Crippen LogP contribution is 2.26. The molecule has 0 bridgehead atoms. The van der Waals surface area contributed by atoms with Crippen LogP contribution >= 0.6 is 0 Å². The quantitative estimate of drug-likeness (QED) is 0.863. The fourth-order valence-electron chi connectivity index (χ4n) is 3.10.